The normalized spacial score (nSPS) is 10.3. The summed E-state index contributed by atoms with van der Waals surface area (Å²) in [5, 5.41) is 7.98. The highest BCUT2D eigenvalue weighted by molar-refractivity contribution is 6.04. The lowest BCUT2D eigenvalue weighted by molar-refractivity contribution is 0.102. The van der Waals surface area contributed by atoms with Crippen molar-refractivity contribution in [2.45, 2.75) is 26.4 Å². The first-order chi connectivity index (χ1) is 11.5. The van der Waals surface area contributed by atoms with Crippen LogP contribution in [0.3, 0.4) is 0 Å². The number of anilines is 1. The summed E-state index contributed by atoms with van der Waals surface area (Å²) in [7, 11) is 0. The van der Waals surface area contributed by atoms with E-state index in [1.807, 2.05) is 13.8 Å². The van der Waals surface area contributed by atoms with E-state index in [1.165, 1.54) is 12.1 Å². The van der Waals surface area contributed by atoms with Crippen molar-refractivity contribution in [3.63, 3.8) is 0 Å². The van der Waals surface area contributed by atoms with E-state index < -0.39 is 11.7 Å². The van der Waals surface area contributed by atoms with Crippen molar-refractivity contribution in [3.05, 3.63) is 65.5 Å². The zero-order valence-electron chi connectivity index (χ0n) is 13.6. The molecule has 24 heavy (non-hydrogen) atoms. The number of hydrogen-bond donors (Lipinski definition) is 3. The average Bonchev–Trinajstić information content (AvgIpc) is 2.55. The monoisotopic (exact) mass is 329 g/mol. The molecule has 2 aromatic rings. The SMILES string of the molecule is CC(C)NC(=O)NCc1ccc(C(=O)Nc2ccccc2F)cc1. The van der Waals surface area contributed by atoms with Gasteiger partial charge in [-0.05, 0) is 43.7 Å². The number of carbonyl (C=O) groups excluding carboxylic acids is 2. The van der Waals surface area contributed by atoms with E-state index in [0.29, 0.717) is 12.1 Å². The topological polar surface area (TPSA) is 70.2 Å². The molecule has 126 valence electrons. The third-order valence-corrected chi connectivity index (χ3v) is 3.21. The zero-order valence-corrected chi connectivity index (χ0v) is 13.6. The lowest BCUT2D eigenvalue weighted by Gasteiger charge is -2.10. The Morgan fingerprint density at radius 1 is 1.04 bits per heavy atom. The number of nitrogens with one attached hydrogen (secondary N) is 3. The Balaban J connectivity index is 1.93. The van der Waals surface area contributed by atoms with Gasteiger partial charge in [-0.3, -0.25) is 4.79 Å². The van der Waals surface area contributed by atoms with Gasteiger partial charge in [0.1, 0.15) is 5.82 Å². The van der Waals surface area contributed by atoms with Crippen LogP contribution < -0.4 is 16.0 Å². The lowest BCUT2D eigenvalue weighted by atomic mass is 10.1. The van der Waals surface area contributed by atoms with Gasteiger partial charge in [-0.15, -0.1) is 0 Å². The van der Waals surface area contributed by atoms with Crippen LogP contribution in [0.15, 0.2) is 48.5 Å². The van der Waals surface area contributed by atoms with E-state index in [0.717, 1.165) is 5.56 Å². The second-order valence-electron chi connectivity index (χ2n) is 5.61. The molecule has 2 rings (SSSR count). The molecule has 0 aromatic heterocycles. The smallest absolute Gasteiger partial charge is 0.315 e. The average molecular weight is 329 g/mol. The predicted molar refractivity (Wildman–Crippen MR) is 91.3 cm³/mol. The maximum Gasteiger partial charge on any atom is 0.315 e. The fourth-order valence-corrected chi connectivity index (χ4v) is 2.03. The Labute approximate surface area is 140 Å². The molecule has 3 amide bonds. The molecule has 2 aromatic carbocycles. The fraction of sp³-hybridized carbons (Fsp3) is 0.222. The Morgan fingerprint density at radius 3 is 2.33 bits per heavy atom. The van der Waals surface area contributed by atoms with Gasteiger partial charge in [-0.1, -0.05) is 24.3 Å². The number of hydrogen-bond acceptors (Lipinski definition) is 2. The first-order valence-electron chi connectivity index (χ1n) is 7.65. The Kier molecular flexibility index (Phi) is 5.89. The Hall–Kier alpha value is -2.89. The van der Waals surface area contributed by atoms with E-state index >= 15 is 0 Å². The molecule has 3 N–H and O–H groups in total. The summed E-state index contributed by atoms with van der Waals surface area (Å²) >= 11 is 0. The van der Waals surface area contributed by atoms with Crippen LogP contribution in [0, 0.1) is 5.82 Å². The Bertz CT molecular complexity index is 714. The van der Waals surface area contributed by atoms with Crippen molar-refractivity contribution >= 4 is 17.6 Å². The molecule has 6 heteroatoms. The highest BCUT2D eigenvalue weighted by atomic mass is 19.1. The van der Waals surface area contributed by atoms with Gasteiger partial charge in [0.05, 0.1) is 5.69 Å². The molecule has 0 atom stereocenters. The van der Waals surface area contributed by atoms with Crippen LogP contribution in [0.4, 0.5) is 14.9 Å². The summed E-state index contributed by atoms with van der Waals surface area (Å²) in [4.78, 5) is 23.6. The molecular formula is C18H20FN3O2. The van der Waals surface area contributed by atoms with Crippen molar-refractivity contribution in [2.75, 3.05) is 5.32 Å². The van der Waals surface area contributed by atoms with E-state index in [9.17, 15) is 14.0 Å². The number of carbonyl (C=O) groups is 2. The summed E-state index contributed by atoms with van der Waals surface area (Å²) in [5.74, 6) is -0.875. The molecule has 0 aliphatic heterocycles. The molecule has 0 saturated carbocycles. The number of benzene rings is 2. The number of rotatable bonds is 5. The number of halogens is 1. The van der Waals surface area contributed by atoms with Crippen molar-refractivity contribution in [2.24, 2.45) is 0 Å². The third kappa shape index (κ3) is 5.08. The molecule has 0 saturated heterocycles. The zero-order chi connectivity index (χ0) is 17.5. The number of amides is 3. The number of urea groups is 1. The summed E-state index contributed by atoms with van der Waals surface area (Å²) in [6, 6.07) is 12.6. The fourth-order valence-electron chi connectivity index (χ4n) is 2.03. The summed E-state index contributed by atoms with van der Waals surface area (Å²) in [6.07, 6.45) is 0. The molecular weight excluding hydrogens is 309 g/mol. The third-order valence-electron chi connectivity index (χ3n) is 3.21. The molecule has 0 spiro atoms. The molecule has 0 fully saturated rings. The minimum Gasteiger partial charge on any atom is -0.336 e. The van der Waals surface area contributed by atoms with E-state index in [-0.39, 0.29) is 17.8 Å². The molecule has 0 aliphatic rings. The summed E-state index contributed by atoms with van der Waals surface area (Å²) in [5.41, 5.74) is 1.41. The molecule has 5 nitrogen and oxygen atoms in total. The van der Waals surface area contributed by atoms with Crippen molar-refractivity contribution in [1.29, 1.82) is 0 Å². The van der Waals surface area contributed by atoms with Crippen LogP contribution in [0.5, 0.6) is 0 Å². The van der Waals surface area contributed by atoms with Gasteiger partial charge >= 0.3 is 6.03 Å². The van der Waals surface area contributed by atoms with Crippen LogP contribution in [-0.4, -0.2) is 18.0 Å². The van der Waals surface area contributed by atoms with Crippen LogP contribution >= 0.6 is 0 Å². The van der Waals surface area contributed by atoms with E-state index in [1.54, 1.807) is 36.4 Å². The van der Waals surface area contributed by atoms with Gasteiger partial charge in [0.2, 0.25) is 0 Å². The molecule has 0 aliphatic carbocycles. The van der Waals surface area contributed by atoms with Crippen LogP contribution in [-0.2, 0) is 6.54 Å². The second kappa shape index (κ2) is 8.10. The van der Waals surface area contributed by atoms with Gasteiger partial charge in [0, 0.05) is 18.2 Å². The van der Waals surface area contributed by atoms with Gasteiger partial charge in [0.25, 0.3) is 5.91 Å². The predicted octanol–water partition coefficient (Wildman–Crippen LogP) is 3.29. The largest absolute Gasteiger partial charge is 0.336 e. The van der Waals surface area contributed by atoms with Crippen molar-refractivity contribution in [1.82, 2.24) is 10.6 Å². The summed E-state index contributed by atoms with van der Waals surface area (Å²) < 4.78 is 13.5. The molecule has 0 radical (unpaired) electrons. The maximum atomic E-state index is 13.5. The van der Waals surface area contributed by atoms with Gasteiger partial charge < -0.3 is 16.0 Å². The minimum absolute atomic E-state index is 0.0643. The van der Waals surface area contributed by atoms with Crippen molar-refractivity contribution in [3.8, 4) is 0 Å². The van der Waals surface area contributed by atoms with Gasteiger partial charge in [-0.2, -0.15) is 0 Å². The first kappa shape index (κ1) is 17.5. The lowest BCUT2D eigenvalue weighted by Crippen LogP contribution is -2.39. The van der Waals surface area contributed by atoms with Gasteiger partial charge in [0.15, 0.2) is 0 Å². The first-order valence-corrected chi connectivity index (χ1v) is 7.65. The summed E-state index contributed by atoms with van der Waals surface area (Å²) in [6.45, 7) is 4.11. The standard InChI is InChI=1S/C18H20FN3O2/c1-12(2)21-18(24)20-11-13-7-9-14(10-8-13)17(23)22-16-6-4-3-5-15(16)19/h3-10,12H,11H2,1-2H3,(H,22,23)(H2,20,21,24). The molecule has 0 unspecified atom stereocenters. The van der Waals surface area contributed by atoms with Gasteiger partial charge in [-0.25, -0.2) is 9.18 Å². The Morgan fingerprint density at radius 2 is 1.71 bits per heavy atom. The minimum atomic E-state index is -0.483. The van der Waals surface area contributed by atoms with Crippen LogP contribution in [0.2, 0.25) is 0 Å². The van der Waals surface area contributed by atoms with Crippen LogP contribution in [0.25, 0.3) is 0 Å². The highest BCUT2D eigenvalue weighted by Crippen LogP contribution is 2.14. The quantitative estimate of drug-likeness (QED) is 0.788. The highest BCUT2D eigenvalue weighted by Gasteiger charge is 2.09. The second-order valence-corrected chi connectivity index (χ2v) is 5.61. The molecule has 0 bridgehead atoms. The van der Waals surface area contributed by atoms with E-state index in [2.05, 4.69) is 16.0 Å². The number of para-hydroxylation sites is 1. The van der Waals surface area contributed by atoms with Crippen LogP contribution in [0.1, 0.15) is 29.8 Å². The maximum absolute atomic E-state index is 13.5. The van der Waals surface area contributed by atoms with Crippen molar-refractivity contribution < 1.29 is 14.0 Å². The van der Waals surface area contributed by atoms with E-state index in [4.69, 9.17) is 0 Å². The molecule has 0 heterocycles.